The number of nitrogens with one attached hydrogen (secondary N) is 1. The summed E-state index contributed by atoms with van der Waals surface area (Å²) in [6.07, 6.45) is 0.936. The smallest absolute Gasteiger partial charge is 0.410 e. The Morgan fingerprint density at radius 2 is 1.96 bits per heavy atom. The number of carbonyl (C=O) groups excluding carboxylic acids is 2. The molecule has 1 heterocycles. The van der Waals surface area contributed by atoms with Crippen LogP contribution in [-0.2, 0) is 9.53 Å². The van der Waals surface area contributed by atoms with Crippen LogP contribution in [0.15, 0.2) is 22.7 Å². The summed E-state index contributed by atoms with van der Waals surface area (Å²) in [6.45, 7) is 6.25. The van der Waals surface area contributed by atoms with Gasteiger partial charge in [0.15, 0.2) is 18.2 Å². The minimum atomic E-state index is -0.530. The highest BCUT2D eigenvalue weighted by atomic mass is 79.9. The fourth-order valence-corrected chi connectivity index (χ4v) is 2.87. The molecular weight excluding hydrogens is 407 g/mol. The zero-order chi connectivity index (χ0) is 19.3. The number of hydrogen-bond acceptors (Lipinski definition) is 4. The average Bonchev–Trinajstić information content (AvgIpc) is 2.53. The lowest BCUT2D eigenvalue weighted by Crippen LogP contribution is -2.48. The molecule has 1 aliphatic rings. The summed E-state index contributed by atoms with van der Waals surface area (Å²) in [4.78, 5) is 25.6. The van der Waals surface area contributed by atoms with E-state index in [0.717, 1.165) is 0 Å². The van der Waals surface area contributed by atoms with Crippen LogP contribution in [0.25, 0.3) is 0 Å². The summed E-state index contributed by atoms with van der Waals surface area (Å²) in [5, 5.41) is 2.85. The highest BCUT2D eigenvalue weighted by molar-refractivity contribution is 9.10. The van der Waals surface area contributed by atoms with E-state index in [-0.39, 0.29) is 30.4 Å². The van der Waals surface area contributed by atoms with Crippen LogP contribution in [0.1, 0.15) is 33.6 Å². The minimum Gasteiger partial charge on any atom is -0.481 e. The number of rotatable bonds is 4. The molecule has 1 aliphatic heterocycles. The fourth-order valence-electron chi connectivity index (χ4n) is 2.54. The van der Waals surface area contributed by atoms with Gasteiger partial charge in [-0.15, -0.1) is 0 Å². The molecule has 1 fully saturated rings. The van der Waals surface area contributed by atoms with Crippen molar-refractivity contribution in [1.29, 1.82) is 0 Å². The van der Waals surface area contributed by atoms with Gasteiger partial charge in [-0.3, -0.25) is 4.79 Å². The van der Waals surface area contributed by atoms with Gasteiger partial charge in [0.2, 0.25) is 0 Å². The second-order valence-corrected chi connectivity index (χ2v) is 8.09. The Morgan fingerprint density at radius 3 is 2.54 bits per heavy atom. The molecule has 0 aromatic heterocycles. The van der Waals surface area contributed by atoms with Gasteiger partial charge in [0.1, 0.15) is 5.60 Å². The van der Waals surface area contributed by atoms with Crippen molar-refractivity contribution < 1.29 is 23.5 Å². The quantitative estimate of drug-likeness (QED) is 0.793. The van der Waals surface area contributed by atoms with E-state index in [0.29, 0.717) is 30.4 Å². The first kappa shape index (κ1) is 20.5. The third kappa shape index (κ3) is 6.48. The maximum absolute atomic E-state index is 13.7. The van der Waals surface area contributed by atoms with E-state index in [9.17, 15) is 14.0 Å². The van der Waals surface area contributed by atoms with Gasteiger partial charge in [-0.2, -0.15) is 0 Å². The van der Waals surface area contributed by atoms with Crippen molar-refractivity contribution in [2.45, 2.75) is 45.3 Å². The molecule has 0 atom stereocenters. The van der Waals surface area contributed by atoms with Crippen molar-refractivity contribution >= 4 is 27.9 Å². The van der Waals surface area contributed by atoms with Gasteiger partial charge in [-0.05, 0) is 51.8 Å². The molecule has 144 valence electrons. The monoisotopic (exact) mass is 430 g/mol. The average molecular weight is 431 g/mol. The van der Waals surface area contributed by atoms with Crippen molar-refractivity contribution in [1.82, 2.24) is 10.2 Å². The molecule has 2 rings (SSSR count). The Hall–Kier alpha value is -1.83. The molecule has 6 nitrogen and oxygen atoms in total. The molecule has 0 bridgehead atoms. The highest BCUT2D eigenvalue weighted by Gasteiger charge is 2.27. The van der Waals surface area contributed by atoms with Gasteiger partial charge in [0, 0.05) is 23.6 Å². The number of benzene rings is 1. The molecule has 1 aromatic carbocycles. The van der Waals surface area contributed by atoms with E-state index in [1.54, 1.807) is 11.0 Å². The summed E-state index contributed by atoms with van der Waals surface area (Å²) >= 11 is 3.16. The fraction of sp³-hybridized carbons (Fsp3) is 0.556. The summed E-state index contributed by atoms with van der Waals surface area (Å²) in [5.41, 5.74) is -0.526. The molecule has 0 unspecified atom stereocenters. The maximum Gasteiger partial charge on any atom is 0.410 e. The van der Waals surface area contributed by atoms with E-state index in [2.05, 4.69) is 21.2 Å². The van der Waals surface area contributed by atoms with Crippen LogP contribution in [0.3, 0.4) is 0 Å². The molecule has 1 aromatic rings. The number of nitrogens with zero attached hydrogens (tertiary/aromatic N) is 1. The molecule has 1 saturated heterocycles. The summed E-state index contributed by atoms with van der Waals surface area (Å²) in [7, 11) is 0. The van der Waals surface area contributed by atoms with Crippen LogP contribution in [0.2, 0.25) is 0 Å². The van der Waals surface area contributed by atoms with Gasteiger partial charge in [-0.25, -0.2) is 9.18 Å². The Kier molecular flexibility index (Phi) is 6.86. The Labute approximate surface area is 161 Å². The first-order chi connectivity index (χ1) is 12.1. The zero-order valence-corrected chi connectivity index (χ0v) is 16.8. The predicted molar refractivity (Wildman–Crippen MR) is 98.6 cm³/mol. The van der Waals surface area contributed by atoms with Crippen LogP contribution in [0.5, 0.6) is 5.75 Å². The van der Waals surface area contributed by atoms with Gasteiger partial charge in [0.05, 0.1) is 0 Å². The van der Waals surface area contributed by atoms with Crippen LogP contribution < -0.4 is 10.1 Å². The lowest BCUT2D eigenvalue weighted by atomic mass is 10.1. The van der Waals surface area contributed by atoms with Gasteiger partial charge < -0.3 is 19.7 Å². The molecule has 0 radical (unpaired) electrons. The molecular formula is C18H24BrFN2O4. The van der Waals surface area contributed by atoms with E-state index in [1.807, 2.05) is 20.8 Å². The van der Waals surface area contributed by atoms with E-state index in [4.69, 9.17) is 9.47 Å². The van der Waals surface area contributed by atoms with Crippen molar-refractivity contribution in [3.05, 3.63) is 28.5 Å². The summed E-state index contributed by atoms with van der Waals surface area (Å²) in [6, 6.07) is 4.34. The Morgan fingerprint density at radius 1 is 1.31 bits per heavy atom. The molecule has 8 heteroatoms. The molecule has 26 heavy (non-hydrogen) atoms. The highest BCUT2D eigenvalue weighted by Crippen LogP contribution is 2.21. The van der Waals surface area contributed by atoms with Crippen LogP contribution in [0, 0.1) is 5.82 Å². The summed E-state index contributed by atoms with van der Waals surface area (Å²) in [5.74, 6) is -0.816. The van der Waals surface area contributed by atoms with Crippen molar-refractivity contribution in [2.24, 2.45) is 0 Å². The third-order valence-electron chi connectivity index (χ3n) is 3.76. The predicted octanol–water partition coefficient (Wildman–Crippen LogP) is 3.48. The normalized spacial score (nSPS) is 15.5. The van der Waals surface area contributed by atoms with Gasteiger partial charge >= 0.3 is 6.09 Å². The minimum absolute atomic E-state index is 0.0306. The van der Waals surface area contributed by atoms with E-state index >= 15 is 0 Å². The largest absolute Gasteiger partial charge is 0.481 e. The standard InChI is InChI=1S/C18H24BrFN2O4/c1-18(2,3)26-17(24)22-8-6-13(7-9-22)21-16(23)11-25-15-5-4-12(19)10-14(15)20/h4-5,10,13H,6-9,11H2,1-3H3,(H,21,23). The number of amides is 2. The lowest BCUT2D eigenvalue weighted by molar-refractivity contribution is -0.124. The Balaban J connectivity index is 1.73. The number of ether oxygens (including phenoxy) is 2. The number of hydrogen-bond donors (Lipinski definition) is 1. The number of piperidine rings is 1. The van der Waals surface area contributed by atoms with Crippen molar-refractivity contribution in [3.63, 3.8) is 0 Å². The van der Waals surface area contributed by atoms with Gasteiger partial charge in [0.25, 0.3) is 5.91 Å². The number of likely N-dealkylation sites (tertiary alicyclic amines) is 1. The number of halogens is 2. The molecule has 0 spiro atoms. The first-order valence-corrected chi connectivity index (χ1v) is 9.28. The second-order valence-electron chi connectivity index (χ2n) is 7.17. The first-order valence-electron chi connectivity index (χ1n) is 8.49. The zero-order valence-electron chi connectivity index (χ0n) is 15.2. The number of carbonyl (C=O) groups is 2. The van der Waals surface area contributed by atoms with E-state index < -0.39 is 11.4 Å². The van der Waals surface area contributed by atoms with Crippen LogP contribution in [-0.4, -0.2) is 48.2 Å². The molecule has 1 N–H and O–H groups in total. The second kappa shape index (κ2) is 8.70. The van der Waals surface area contributed by atoms with Crippen molar-refractivity contribution in [3.8, 4) is 5.75 Å². The lowest BCUT2D eigenvalue weighted by Gasteiger charge is -2.33. The SMILES string of the molecule is CC(C)(C)OC(=O)N1CCC(NC(=O)COc2ccc(Br)cc2F)CC1. The third-order valence-corrected chi connectivity index (χ3v) is 4.26. The Bertz CT molecular complexity index is 655. The molecule has 0 saturated carbocycles. The molecule has 0 aliphatic carbocycles. The molecule has 2 amide bonds. The van der Waals surface area contributed by atoms with Gasteiger partial charge in [-0.1, -0.05) is 15.9 Å². The van der Waals surface area contributed by atoms with E-state index in [1.165, 1.54) is 12.1 Å². The van der Waals surface area contributed by atoms with Crippen LogP contribution >= 0.6 is 15.9 Å². The van der Waals surface area contributed by atoms with Crippen LogP contribution in [0.4, 0.5) is 9.18 Å². The topological polar surface area (TPSA) is 67.9 Å². The van der Waals surface area contributed by atoms with Crippen molar-refractivity contribution in [2.75, 3.05) is 19.7 Å². The maximum atomic E-state index is 13.7. The summed E-state index contributed by atoms with van der Waals surface area (Å²) < 4.78 is 24.8.